The van der Waals surface area contributed by atoms with Crippen molar-refractivity contribution in [2.75, 3.05) is 12.0 Å². The highest BCUT2D eigenvalue weighted by Gasteiger charge is 2.32. The van der Waals surface area contributed by atoms with Crippen LogP contribution in [0, 0.1) is 13.8 Å². The van der Waals surface area contributed by atoms with Gasteiger partial charge >= 0.3 is 5.97 Å². The largest absolute Gasteiger partial charge is 0.467 e. The Kier molecular flexibility index (Phi) is 4.60. The van der Waals surface area contributed by atoms with Gasteiger partial charge in [0.1, 0.15) is 6.04 Å². The Hall–Kier alpha value is -2.63. The number of ether oxygens (including phenoxy) is 1. The van der Waals surface area contributed by atoms with Gasteiger partial charge in [-0.05, 0) is 31.9 Å². The van der Waals surface area contributed by atoms with Gasteiger partial charge in [0, 0.05) is 6.07 Å². The number of methoxy groups -OCH3 is 1. The second-order valence-electron chi connectivity index (χ2n) is 4.99. The molecule has 0 radical (unpaired) electrons. The second-order valence-corrected chi connectivity index (χ2v) is 4.99. The molecule has 1 aromatic heterocycles. The summed E-state index contributed by atoms with van der Waals surface area (Å²) >= 11 is 0. The van der Waals surface area contributed by atoms with Crippen molar-refractivity contribution in [1.82, 2.24) is 5.16 Å². The highest BCUT2D eigenvalue weighted by molar-refractivity contribution is 6.08. The summed E-state index contributed by atoms with van der Waals surface area (Å²) in [5.74, 6) is -0.873. The molecule has 116 valence electrons. The maximum atomic E-state index is 12.8. The van der Waals surface area contributed by atoms with Crippen molar-refractivity contribution in [3.8, 4) is 0 Å². The average molecular weight is 302 g/mol. The van der Waals surface area contributed by atoms with Crippen LogP contribution in [-0.2, 0) is 9.53 Å². The number of para-hydroxylation sites is 1. The summed E-state index contributed by atoms with van der Waals surface area (Å²) in [6.07, 6.45) is 1.39. The van der Waals surface area contributed by atoms with E-state index in [1.54, 1.807) is 6.92 Å². The predicted molar refractivity (Wildman–Crippen MR) is 80.7 cm³/mol. The average Bonchev–Trinajstić information content (AvgIpc) is 3.03. The smallest absolute Gasteiger partial charge is 0.328 e. The highest BCUT2D eigenvalue weighted by Crippen LogP contribution is 2.28. The number of esters is 1. The Bertz CT molecular complexity index is 659. The molecule has 0 bridgehead atoms. The third-order valence-electron chi connectivity index (χ3n) is 3.48. The predicted octanol–water partition coefficient (Wildman–Crippen LogP) is 2.50. The van der Waals surface area contributed by atoms with Crippen molar-refractivity contribution < 1.29 is 18.8 Å². The molecule has 0 aliphatic heterocycles. The van der Waals surface area contributed by atoms with E-state index in [0.29, 0.717) is 5.69 Å². The molecule has 1 amide bonds. The van der Waals surface area contributed by atoms with E-state index in [1.165, 1.54) is 24.3 Å². The van der Waals surface area contributed by atoms with Crippen molar-refractivity contribution >= 4 is 17.6 Å². The van der Waals surface area contributed by atoms with Crippen LogP contribution in [0.4, 0.5) is 5.69 Å². The number of nitrogens with zero attached hydrogens (tertiary/aromatic N) is 2. The Morgan fingerprint density at radius 3 is 2.36 bits per heavy atom. The zero-order valence-electron chi connectivity index (χ0n) is 13.0. The second kappa shape index (κ2) is 6.43. The summed E-state index contributed by atoms with van der Waals surface area (Å²) in [7, 11) is 1.29. The van der Waals surface area contributed by atoms with Gasteiger partial charge in [-0.2, -0.15) is 0 Å². The van der Waals surface area contributed by atoms with Gasteiger partial charge in [0.05, 0.1) is 19.0 Å². The Morgan fingerprint density at radius 1 is 1.23 bits per heavy atom. The molecule has 0 N–H and O–H groups in total. The summed E-state index contributed by atoms with van der Waals surface area (Å²) in [6.45, 7) is 5.38. The van der Waals surface area contributed by atoms with E-state index in [-0.39, 0.29) is 5.76 Å². The first-order valence-electron chi connectivity index (χ1n) is 6.85. The van der Waals surface area contributed by atoms with Gasteiger partial charge in [0.15, 0.2) is 0 Å². The highest BCUT2D eigenvalue weighted by atomic mass is 16.5. The molecule has 1 aromatic carbocycles. The fourth-order valence-corrected chi connectivity index (χ4v) is 2.38. The lowest BCUT2D eigenvalue weighted by Gasteiger charge is -2.29. The molecule has 22 heavy (non-hydrogen) atoms. The van der Waals surface area contributed by atoms with Crippen LogP contribution >= 0.6 is 0 Å². The third-order valence-corrected chi connectivity index (χ3v) is 3.48. The van der Waals surface area contributed by atoms with Crippen LogP contribution in [0.3, 0.4) is 0 Å². The molecule has 1 heterocycles. The molecule has 0 fully saturated rings. The van der Waals surface area contributed by atoms with Crippen molar-refractivity contribution in [2.24, 2.45) is 0 Å². The molecule has 0 aliphatic carbocycles. The number of hydrogen-bond donors (Lipinski definition) is 0. The number of aryl methyl sites for hydroxylation is 2. The first-order valence-corrected chi connectivity index (χ1v) is 6.85. The van der Waals surface area contributed by atoms with Gasteiger partial charge in [-0.1, -0.05) is 23.4 Å². The topological polar surface area (TPSA) is 72.6 Å². The van der Waals surface area contributed by atoms with Gasteiger partial charge in [0.25, 0.3) is 5.91 Å². The fraction of sp³-hybridized carbons (Fsp3) is 0.312. The number of aromatic nitrogens is 1. The van der Waals surface area contributed by atoms with Crippen LogP contribution in [0.15, 0.2) is 35.0 Å². The normalized spacial score (nSPS) is 11.8. The van der Waals surface area contributed by atoms with E-state index in [9.17, 15) is 9.59 Å². The first kappa shape index (κ1) is 15.8. The first-order chi connectivity index (χ1) is 10.5. The lowest BCUT2D eigenvalue weighted by atomic mass is 10.1. The van der Waals surface area contributed by atoms with Crippen LogP contribution < -0.4 is 4.90 Å². The third kappa shape index (κ3) is 2.86. The molecule has 0 spiro atoms. The van der Waals surface area contributed by atoms with Gasteiger partial charge in [-0.15, -0.1) is 0 Å². The standard InChI is InChI=1S/C16H18N2O4/c1-10-6-5-7-11(2)14(10)18(12(3)16(20)21-4)15(19)13-8-9-17-22-13/h5-9,12H,1-4H3/t12-/m0/s1. The number of carbonyl (C=O) groups is 2. The molecule has 2 aromatic rings. The quantitative estimate of drug-likeness (QED) is 0.811. The molecule has 0 aliphatic rings. The van der Waals surface area contributed by atoms with E-state index in [4.69, 9.17) is 9.26 Å². The zero-order chi connectivity index (χ0) is 16.3. The molecule has 6 heteroatoms. The van der Waals surface area contributed by atoms with Crippen molar-refractivity contribution in [3.63, 3.8) is 0 Å². The summed E-state index contributed by atoms with van der Waals surface area (Å²) in [4.78, 5) is 26.1. The maximum Gasteiger partial charge on any atom is 0.328 e. The molecule has 6 nitrogen and oxygen atoms in total. The van der Waals surface area contributed by atoms with Crippen molar-refractivity contribution in [3.05, 3.63) is 47.3 Å². The number of anilines is 1. The minimum atomic E-state index is -0.789. The Morgan fingerprint density at radius 2 is 1.86 bits per heavy atom. The fourth-order valence-electron chi connectivity index (χ4n) is 2.38. The molecular formula is C16H18N2O4. The van der Waals surface area contributed by atoms with Crippen molar-refractivity contribution in [2.45, 2.75) is 26.8 Å². The lowest BCUT2D eigenvalue weighted by Crippen LogP contribution is -2.44. The van der Waals surface area contributed by atoms with Crippen molar-refractivity contribution in [1.29, 1.82) is 0 Å². The Labute approximate surface area is 128 Å². The summed E-state index contributed by atoms with van der Waals surface area (Å²) in [5.41, 5.74) is 2.43. The van der Waals surface area contributed by atoms with Crippen LogP contribution in [0.5, 0.6) is 0 Å². The Balaban J connectivity index is 2.55. The van der Waals surface area contributed by atoms with Gasteiger partial charge in [-0.3, -0.25) is 9.69 Å². The van der Waals surface area contributed by atoms with Crippen LogP contribution in [0.1, 0.15) is 28.6 Å². The van der Waals surface area contributed by atoms with E-state index < -0.39 is 17.9 Å². The van der Waals surface area contributed by atoms with Gasteiger partial charge < -0.3 is 9.26 Å². The minimum absolute atomic E-state index is 0.0680. The molecule has 0 saturated heterocycles. The van der Waals surface area contributed by atoms with E-state index in [2.05, 4.69) is 5.16 Å². The van der Waals surface area contributed by atoms with Gasteiger partial charge in [0.2, 0.25) is 5.76 Å². The monoisotopic (exact) mass is 302 g/mol. The summed E-state index contributed by atoms with van der Waals surface area (Å²) in [5, 5.41) is 3.55. The van der Waals surface area contributed by atoms with Crippen LogP contribution in [0.25, 0.3) is 0 Å². The maximum absolute atomic E-state index is 12.8. The van der Waals surface area contributed by atoms with E-state index in [0.717, 1.165) is 11.1 Å². The zero-order valence-corrected chi connectivity index (χ0v) is 13.0. The van der Waals surface area contributed by atoms with Gasteiger partial charge in [-0.25, -0.2) is 4.79 Å². The summed E-state index contributed by atoms with van der Waals surface area (Å²) in [6, 6.07) is 6.34. The molecular weight excluding hydrogens is 284 g/mol. The van der Waals surface area contributed by atoms with E-state index in [1.807, 2.05) is 32.0 Å². The van der Waals surface area contributed by atoms with Crippen LogP contribution in [0.2, 0.25) is 0 Å². The SMILES string of the molecule is COC(=O)[C@H](C)N(C(=O)c1ccno1)c1c(C)cccc1C. The number of benzene rings is 1. The number of carbonyl (C=O) groups excluding carboxylic acids is 2. The van der Waals surface area contributed by atoms with Crippen LogP contribution in [-0.4, -0.2) is 30.2 Å². The number of rotatable bonds is 4. The number of hydrogen-bond acceptors (Lipinski definition) is 5. The van der Waals surface area contributed by atoms with E-state index >= 15 is 0 Å². The molecule has 0 unspecified atom stereocenters. The lowest BCUT2D eigenvalue weighted by molar-refractivity contribution is -0.141. The molecule has 0 saturated carbocycles. The summed E-state index contributed by atoms with van der Waals surface area (Å²) < 4.78 is 9.73. The molecule has 1 atom stereocenters. The number of amides is 1. The minimum Gasteiger partial charge on any atom is -0.467 e. The molecule has 2 rings (SSSR count).